The molecule has 0 atom stereocenters. The molecule has 1 heterocycles. The summed E-state index contributed by atoms with van der Waals surface area (Å²) in [7, 11) is 0. The van der Waals surface area contributed by atoms with Crippen molar-refractivity contribution < 1.29 is 18.3 Å². The topological polar surface area (TPSA) is 48.9 Å². The number of nitrogens with zero attached hydrogens (tertiary/aromatic N) is 1. The van der Waals surface area contributed by atoms with Crippen LogP contribution in [0.3, 0.4) is 0 Å². The first-order valence-corrected chi connectivity index (χ1v) is 4.73. The van der Waals surface area contributed by atoms with Crippen molar-refractivity contribution in [3.63, 3.8) is 0 Å². The molecular formula is C9H11F3N2O. The van der Waals surface area contributed by atoms with Crippen LogP contribution in [0.4, 0.5) is 13.2 Å². The van der Waals surface area contributed by atoms with Gasteiger partial charge < -0.3 is 5.11 Å². The average Bonchev–Trinajstić information content (AvgIpc) is 2.66. The van der Waals surface area contributed by atoms with Crippen LogP contribution in [0.1, 0.15) is 30.7 Å². The molecule has 3 nitrogen and oxygen atoms in total. The molecule has 0 radical (unpaired) electrons. The van der Waals surface area contributed by atoms with Gasteiger partial charge >= 0.3 is 6.18 Å². The molecule has 6 heteroatoms. The van der Waals surface area contributed by atoms with Crippen molar-refractivity contribution in [2.45, 2.75) is 37.5 Å². The minimum atomic E-state index is -4.40. The molecule has 0 bridgehead atoms. The quantitative estimate of drug-likeness (QED) is 0.817. The van der Waals surface area contributed by atoms with Crippen LogP contribution in [0.15, 0.2) is 6.07 Å². The first-order chi connectivity index (χ1) is 6.89. The highest BCUT2D eigenvalue weighted by Crippen LogP contribution is 2.39. The molecule has 1 aliphatic rings. The molecule has 1 aromatic rings. The number of halogens is 3. The van der Waals surface area contributed by atoms with Gasteiger partial charge in [0.1, 0.15) is 0 Å². The van der Waals surface area contributed by atoms with Crippen LogP contribution in [0, 0.1) is 0 Å². The molecule has 0 amide bonds. The third-order valence-electron chi connectivity index (χ3n) is 2.61. The monoisotopic (exact) mass is 220 g/mol. The summed E-state index contributed by atoms with van der Waals surface area (Å²) in [5.74, 6) is 0. The Morgan fingerprint density at radius 1 is 1.47 bits per heavy atom. The lowest BCUT2D eigenvalue weighted by Crippen LogP contribution is -2.07. The van der Waals surface area contributed by atoms with Gasteiger partial charge in [-0.05, 0) is 31.7 Å². The van der Waals surface area contributed by atoms with E-state index in [0.717, 1.165) is 18.9 Å². The standard InChI is InChI=1S/C9H11F3N2O/c10-9(11,12)7-5-6(13-14-7)1-2-8(15)3-4-8/h5,15H,1-4H2,(H,13,14). The number of aromatic nitrogens is 2. The average molecular weight is 220 g/mol. The summed E-state index contributed by atoms with van der Waals surface area (Å²) in [6, 6.07) is 0.992. The van der Waals surface area contributed by atoms with Crippen molar-refractivity contribution in [2.75, 3.05) is 0 Å². The molecular weight excluding hydrogens is 209 g/mol. The molecule has 15 heavy (non-hydrogen) atoms. The van der Waals surface area contributed by atoms with Crippen molar-refractivity contribution in [3.05, 3.63) is 17.5 Å². The molecule has 2 N–H and O–H groups in total. The molecule has 1 fully saturated rings. The second-order valence-electron chi connectivity index (χ2n) is 4.00. The van der Waals surface area contributed by atoms with E-state index in [1.165, 1.54) is 0 Å². The fourth-order valence-electron chi connectivity index (χ4n) is 1.40. The highest BCUT2D eigenvalue weighted by Gasteiger charge is 2.40. The summed E-state index contributed by atoms with van der Waals surface area (Å²) < 4.78 is 36.5. The minimum absolute atomic E-state index is 0.402. The molecule has 0 saturated heterocycles. The number of hydrogen-bond donors (Lipinski definition) is 2. The zero-order chi connectivity index (χ0) is 11.1. The third-order valence-corrected chi connectivity index (χ3v) is 2.61. The minimum Gasteiger partial charge on any atom is -0.390 e. The van der Waals surface area contributed by atoms with Crippen molar-refractivity contribution in [2.24, 2.45) is 0 Å². The summed E-state index contributed by atoms with van der Waals surface area (Å²) in [6.45, 7) is 0. The summed E-state index contributed by atoms with van der Waals surface area (Å²) in [4.78, 5) is 0. The van der Waals surface area contributed by atoms with Gasteiger partial charge in [-0.25, -0.2) is 0 Å². The van der Waals surface area contributed by atoms with E-state index in [-0.39, 0.29) is 0 Å². The van der Waals surface area contributed by atoms with E-state index in [4.69, 9.17) is 0 Å². The van der Waals surface area contributed by atoms with E-state index in [1.54, 1.807) is 0 Å². The number of hydrogen-bond acceptors (Lipinski definition) is 2. The smallest absolute Gasteiger partial charge is 0.390 e. The SMILES string of the molecule is OC1(CCc2cc(C(F)(F)F)n[nH]2)CC1. The Labute approximate surface area is 84.3 Å². The predicted molar refractivity (Wildman–Crippen MR) is 46.1 cm³/mol. The van der Waals surface area contributed by atoms with E-state index < -0.39 is 17.5 Å². The van der Waals surface area contributed by atoms with Gasteiger partial charge in [0, 0.05) is 5.69 Å². The fraction of sp³-hybridized carbons (Fsp3) is 0.667. The summed E-state index contributed by atoms with van der Waals surface area (Å²) in [5.41, 5.74) is -1.12. The van der Waals surface area contributed by atoms with E-state index >= 15 is 0 Å². The van der Waals surface area contributed by atoms with E-state index in [0.29, 0.717) is 18.5 Å². The maximum atomic E-state index is 12.2. The maximum Gasteiger partial charge on any atom is 0.435 e. The van der Waals surface area contributed by atoms with Gasteiger partial charge in [0.25, 0.3) is 0 Å². The third kappa shape index (κ3) is 2.50. The van der Waals surface area contributed by atoms with Crippen LogP contribution in [0.25, 0.3) is 0 Å². The molecule has 0 spiro atoms. The van der Waals surface area contributed by atoms with Crippen LogP contribution < -0.4 is 0 Å². The number of aryl methyl sites for hydroxylation is 1. The molecule has 2 rings (SSSR count). The maximum absolute atomic E-state index is 12.2. The second-order valence-corrected chi connectivity index (χ2v) is 4.00. The molecule has 1 saturated carbocycles. The van der Waals surface area contributed by atoms with Gasteiger partial charge in [-0.15, -0.1) is 0 Å². The van der Waals surface area contributed by atoms with Crippen LogP contribution in [0.5, 0.6) is 0 Å². The number of aromatic amines is 1. The number of nitrogens with one attached hydrogen (secondary N) is 1. The van der Waals surface area contributed by atoms with E-state index in [2.05, 4.69) is 10.2 Å². The Kier molecular flexibility index (Phi) is 2.26. The number of aliphatic hydroxyl groups is 1. The normalized spacial score (nSPS) is 19.2. The van der Waals surface area contributed by atoms with Crippen LogP contribution in [0.2, 0.25) is 0 Å². The van der Waals surface area contributed by atoms with E-state index in [9.17, 15) is 18.3 Å². The fourth-order valence-corrected chi connectivity index (χ4v) is 1.40. The lowest BCUT2D eigenvalue weighted by molar-refractivity contribution is -0.141. The highest BCUT2D eigenvalue weighted by molar-refractivity contribution is 5.12. The van der Waals surface area contributed by atoms with Gasteiger partial charge in [0.15, 0.2) is 5.69 Å². The highest BCUT2D eigenvalue weighted by atomic mass is 19.4. The molecule has 0 unspecified atom stereocenters. The second kappa shape index (κ2) is 3.23. The molecule has 84 valence electrons. The molecule has 0 aromatic carbocycles. The predicted octanol–water partition coefficient (Wildman–Crippen LogP) is 1.89. The van der Waals surface area contributed by atoms with Gasteiger partial charge in [0.2, 0.25) is 0 Å². The van der Waals surface area contributed by atoms with Gasteiger partial charge in [-0.2, -0.15) is 18.3 Å². The molecule has 0 aliphatic heterocycles. The van der Waals surface area contributed by atoms with Crippen molar-refractivity contribution in [1.82, 2.24) is 10.2 Å². The zero-order valence-electron chi connectivity index (χ0n) is 7.93. The Bertz CT molecular complexity index is 354. The summed E-state index contributed by atoms with van der Waals surface area (Å²) in [6.07, 6.45) is -2.02. The number of alkyl halides is 3. The van der Waals surface area contributed by atoms with E-state index in [1.807, 2.05) is 0 Å². The zero-order valence-corrected chi connectivity index (χ0v) is 7.93. The number of rotatable bonds is 3. The lowest BCUT2D eigenvalue weighted by atomic mass is 10.1. The largest absolute Gasteiger partial charge is 0.435 e. The van der Waals surface area contributed by atoms with Crippen molar-refractivity contribution >= 4 is 0 Å². The first kappa shape index (κ1) is 10.5. The van der Waals surface area contributed by atoms with Crippen LogP contribution in [-0.4, -0.2) is 20.9 Å². The Morgan fingerprint density at radius 3 is 2.60 bits per heavy atom. The first-order valence-electron chi connectivity index (χ1n) is 4.73. The Balaban J connectivity index is 1.95. The van der Waals surface area contributed by atoms with Gasteiger partial charge in [-0.1, -0.05) is 0 Å². The summed E-state index contributed by atoms with van der Waals surface area (Å²) in [5, 5.41) is 15.0. The lowest BCUT2D eigenvalue weighted by Gasteiger charge is -2.04. The van der Waals surface area contributed by atoms with Gasteiger partial charge in [-0.3, -0.25) is 5.10 Å². The summed E-state index contributed by atoms with van der Waals surface area (Å²) >= 11 is 0. The van der Waals surface area contributed by atoms with Crippen molar-refractivity contribution in [1.29, 1.82) is 0 Å². The Hall–Kier alpha value is -1.04. The number of H-pyrrole nitrogens is 1. The molecule has 1 aliphatic carbocycles. The van der Waals surface area contributed by atoms with Crippen LogP contribution in [-0.2, 0) is 12.6 Å². The molecule has 1 aromatic heterocycles. The van der Waals surface area contributed by atoms with Crippen molar-refractivity contribution in [3.8, 4) is 0 Å². The van der Waals surface area contributed by atoms with Gasteiger partial charge in [0.05, 0.1) is 5.60 Å². The Morgan fingerprint density at radius 2 is 2.13 bits per heavy atom. The van der Waals surface area contributed by atoms with Crippen LogP contribution >= 0.6 is 0 Å².